The van der Waals surface area contributed by atoms with Gasteiger partial charge in [0.2, 0.25) is 0 Å². The monoisotopic (exact) mass is 463 g/mol. The van der Waals surface area contributed by atoms with Crippen molar-refractivity contribution >= 4 is 17.2 Å². The number of amides is 2. The summed E-state index contributed by atoms with van der Waals surface area (Å²) in [7, 11) is 0. The van der Waals surface area contributed by atoms with Gasteiger partial charge in [-0.25, -0.2) is 13.7 Å². The summed E-state index contributed by atoms with van der Waals surface area (Å²) in [5.41, 5.74) is 10.3. The number of carbonyl (C=O) groups excluding carboxylic acids is 1. The maximum atomic E-state index is 14.7. The fourth-order valence-corrected chi connectivity index (χ4v) is 5.74. The molecule has 0 radical (unpaired) electrons. The Kier molecular flexibility index (Phi) is 4.57. The molecule has 0 aromatic carbocycles. The van der Waals surface area contributed by atoms with E-state index in [0.717, 1.165) is 36.2 Å². The molecule has 2 N–H and O–H groups in total. The van der Waals surface area contributed by atoms with Crippen LogP contribution >= 0.6 is 0 Å². The van der Waals surface area contributed by atoms with Crippen molar-refractivity contribution in [1.82, 2.24) is 29.2 Å². The third-order valence-electron chi connectivity index (χ3n) is 7.54. The van der Waals surface area contributed by atoms with E-state index in [0.29, 0.717) is 49.5 Å². The first kappa shape index (κ1) is 20.9. The first-order valence-electron chi connectivity index (χ1n) is 11.6. The van der Waals surface area contributed by atoms with Gasteiger partial charge < -0.3 is 15.5 Å². The van der Waals surface area contributed by atoms with Gasteiger partial charge in [-0.1, -0.05) is 0 Å². The standard InChI is InChI=1S/C23H26FN9O/c1-13-5-17-19(11-31(13)16-9-30(10-16)23(26)34)28-32-14(2)8-29(12-21(17)32)20-4-3-15(6-25)33-22(20)18(24)7-27-33/h3-4,7,13-14,16H,5,8-12H2,1-2H3,(H2,26,34)/t13-,14+/m0/s1. The lowest BCUT2D eigenvalue weighted by Gasteiger charge is -2.48. The fourth-order valence-electron chi connectivity index (χ4n) is 5.74. The van der Waals surface area contributed by atoms with Crippen LogP contribution in [0.2, 0.25) is 0 Å². The Hall–Kier alpha value is -3.65. The van der Waals surface area contributed by atoms with Gasteiger partial charge in [0, 0.05) is 43.8 Å². The zero-order valence-electron chi connectivity index (χ0n) is 19.1. The average molecular weight is 464 g/mol. The Morgan fingerprint density at radius 1 is 1.21 bits per heavy atom. The van der Waals surface area contributed by atoms with Crippen LogP contribution in [0.15, 0.2) is 18.3 Å². The molecular formula is C23H26FN9O. The first-order valence-corrected chi connectivity index (χ1v) is 11.6. The molecule has 11 heteroatoms. The van der Waals surface area contributed by atoms with Gasteiger partial charge in [-0.05, 0) is 32.4 Å². The minimum atomic E-state index is -0.435. The lowest BCUT2D eigenvalue weighted by molar-refractivity contribution is 0.0234. The number of likely N-dealkylation sites (tertiary alicyclic amines) is 1. The van der Waals surface area contributed by atoms with Gasteiger partial charge in [-0.2, -0.15) is 15.5 Å². The van der Waals surface area contributed by atoms with Crippen LogP contribution in [-0.2, 0) is 19.5 Å². The number of aromatic nitrogens is 4. The number of halogens is 1. The maximum absolute atomic E-state index is 14.7. The molecule has 2 amide bonds. The smallest absolute Gasteiger partial charge is 0.314 e. The predicted molar refractivity (Wildman–Crippen MR) is 122 cm³/mol. The lowest BCUT2D eigenvalue weighted by Crippen LogP contribution is -2.64. The summed E-state index contributed by atoms with van der Waals surface area (Å²) < 4.78 is 18.2. The number of hydrogen-bond acceptors (Lipinski definition) is 6. The number of nitrogens with zero attached hydrogens (tertiary/aromatic N) is 8. The Balaban J connectivity index is 1.31. The second-order valence-electron chi connectivity index (χ2n) is 9.64. The minimum absolute atomic E-state index is 0.105. The number of pyridine rings is 1. The Bertz CT molecular complexity index is 1350. The molecule has 0 unspecified atom stereocenters. The normalized spacial score (nSPS) is 22.9. The van der Waals surface area contributed by atoms with E-state index in [1.54, 1.807) is 11.0 Å². The first-order chi connectivity index (χ1) is 16.4. The molecule has 0 bridgehead atoms. The molecule has 2 atom stereocenters. The zero-order chi connectivity index (χ0) is 23.7. The third-order valence-corrected chi connectivity index (χ3v) is 7.54. The van der Waals surface area contributed by atoms with Gasteiger partial charge in [0.05, 0.1) is 35.9 Å². The quantitative estimate of drug-likeness (QED) is 0.618. The highest BCUT2D eigenvalue weighted by molar-refractivity contribution is 5.75. The molecule has 10 nitrogen and oxygen atoms in total. The van der Waals surface area contributed by atoms with Gasteiger partial charge in [-0.3, -0.25) is 9.58 Å². The highest BCUT2D eigenvalue weighted by Crippen LogP contribution is 2.36. The van der Waals surface area contributed by atoms with Gasteiger partial charge in [0.1, 0.15) is 17.3 Å². The number of rotatable bonds is 2. The summed E-state index contributed by atoms with van der Waals surface area (Å²) in [6.45, 7) is 7.71. The molecule has 3 aliphatic rings. The van der Waals surface area contributed by atoms with Crippen molar-refractivity contribution < 1.29 is 9.18 Å². The highest BCUT2D eigenvalue weighted by Gasteiger charge is 2.40. The molecular weight excluding hydrogens is 437 g/mol. The second-order valence-corrected chi connectivity index (χ2v) is 9.64. The number of urea groups is 1. The molecule has 6 rings (SSSR count). The Morgan fingerprint density at radius 3 is 2.74 bits per heavy atom. The van der Waals surface area contributed by atoms with E-state index in [4.69, 9.17) is 10.8 Å². The van der Waals surface area contributed by atoms with Crippen molar-refractivity contribution in [3.8, 4) is 6.07 Å². The molecule has 3 aromatic heterocycles. The number of carbonyl (C=O) groups is 1. The maximum Gasteiger partial charge on any atom is 0.314 e. The minimum Gasteiger partial charge on any atom is -0.362 e. The molecule has 34 heavy (non-hydrogen) atoms. The zero-order valence-corrected chi connectivity index (χ0v) is 19.1. The van der Waals surface area contributed by atoms with E-state index in [1.807, 2.05) is 6.07 Å². The van der Waals surface area contributed by atoms with Crippen LogP contribution in [0.4, 0.5) is 14.9 Å². The van der Waals surface area contributed by atoms with E-state index in [2.05, 4.69) is 39.5 Å². The van der Waals surface area contributed by atoms with Crippen molar-refractivity contribution in [2.24, 2.45) is 5.73 Å². The van der Waals surface area contributed by atoms with E-state index in [1.165, 1.54) is 10.1 Å². The number of nitrogens with two attached hydrogens (primary N) is 1. The van der Waals surface area contributed by atoms with Gasteiger partial charge in [-0.15, -0.1) is 0 Å². The number of nitriles is 1. The van der Waals surface area contributed by atoms with Crippen molar-refractivity contribution in [2.75, 3.05) is 24.5 Å². The number of fused-ring (bicyclic) bond motifs is 4. The molecule has 1 saturated heterocycles. The van der Waals surface area contributed by atoms with Crippen molar-refractivity contribution in [3.05, 3.63) is 46.8 Å². The summed E-state index contributed by atoms with van der Waals surface area (Å²) in [5, 5.41) is 18.4. The van der Waals surface area contributed by atoms with E-state index in [9.17, 15) is 14.4 Å². The number of primary amides is 1. The summed E-state index contributed by atoms with van der Waals surface area (Å²) in [6.07, 6.45) is 2.04. The summed E-state index contributed by atoms with van der Waals surface area (Å²) >= 11 is 0. The number of hydrogen-bond donors (Lipinski definition) is 1. The third kappa shape index (κ3) is 2.98. The van der Waals surface area contributed by atoms with Gasteiger partial charge >= 0.3 is 6.03 Å². The average Bonchev–Trinajstić information content (AvgIpc) is 3.33. The van der Waals surface area contributed by atoms with Crippen LogP contribution in [0.1, 0.15) is 42.5 Å². The Morgan fingerprint density at radius 2 is 2.00 bits per heavy atom. The van der Waals surface area contributed by atoms with Crippen LogP contribution in [-0.4, -0.2) is 66.9 Å². The Labute approximate surface area is 195 Å². The molecule has 0 aliphatic carbocycles. The molecule has 0 spiro atoms. The van der Waals surface area contributed by atoms with Gasteiger partial charge in [0.25, 0.3) is 0 Å². The van der Waals surface area contributed by atoms with Crippen LogP contribution in [0.25, 0.3) is 5.52 Å². The van der Waals surface area contributed by atoms with Crippen molar-refractivity contribution in [2.45, 2.75) is 51.5 Å². The van der Waals surface area contributed by atoms with Crippen LogP contribution in [0.3, 0.4) is 0 Å². The topological polar surface area (TPSA) is 112 Å². The molecule has 176 valence electrons. The van der Waals surface area contributed by atoms with Gasteiger partial charge in [0.15, 0.2) is 5.82 Å². The second kappa shape index (κ2) is 7.43. The predicted octanol–water partition coefficient (Wildman–Crippen LogP) is 1.63. The van der Waals surface area contributed by atoms with E-state index >= 15 is 0 Å². The molecule has 1 fully saturated rings. The molecule has 3 aliphatic heterocycles. The van der Waals surface area contributed by atoms with Crippen LogP contribution in [0, 0.1) is 17.1 Å². The SMILES string of the molecule is C[C@@H]1CN(c2ccc(C#N)n3ncc(F)c23)Cc2c3c(nn21)CN(C1CN(C(N)=O)C1)[C@@H](C)C3. The summed E-state index contributed by atoms with van der Waals surface area (Å²) in [4.78, 5) is 17.6. The molecule has 3 aromatic rings. The lowest BCUT2D eigenvalue weighted by atomic mass is 9.93. The van der Waals surface area contributed by atoms with Crippen molar-refractivity contribution in [1.29, 1.82) is 5.26 Å². The number of anilines is 1. The fraction of sp³-hybridized carbons (Fsp3) is 0.478. The summed E-state index contributed by atoms with van der Waals surface area (Å²) in [5.74, 6) is -0.435. The molecule has 6 heterocycles. The van der Waals surface area contributed by atoms with E-state index in [-0.39, 0.29) is 12.1 Å². The summed E-state index contributed by atoms with van der Waals surface area (Å²) in [6, 6.07) is 5.95. The largest absolute Gasteiger partial charge is 0.362 e. The van der Waals surface area contributed by atoms with E-state index < -0.39 is 5.82 Å². The highest BCUT2D eigenvalue weighted by atomic mass is 19.1. The van der Waals surface area contributed by atoms with Crippen LogP contribution in [0.5, 0.6) is 0 Å². The molecule has 0 saturated carbocycles. The van der Waals surface area contributed by atoms with Crippen molar-refractivity contribution in [3.63, 3.8) is 0 Å². The van der Waals surface area contributed by atoms with Crippen LogP contribution < -0.4 is 10.6 Å².